The summed E-state index contributed by atoms with van der Waals surface area (Å²) in [6, 6.07) is 0. The van der Waals surface area contributed by atoms with Crippen LogP contribution >= 0.6 is 22.6 Å². The van der Waals surface area contributed by atoms with Gasteiger partial charge in [-0.15, -0.1) is 0 Å². The van der Waals surface area contributed by atoms with Gasteiger partial charge in [-0.3, -0.25) is 4.79 Å². The van der Waals surface area contributed by atoms with Crippen LogP contribution in [0.1, 0.15) is 12.8 Å². The minimum absolute atomic E-state index is 0.0712. The molecule has 0 amide bonds. The molecule has 0 aromatic rings. The standard InChI is InChI=1S/C5H7IO2/c1-8-4(7)5(6)2-3-5/h2-3H2,1H3. The highest BCUT2D eigenvalue weighted by Crippen LogP contribution is 2.45. The Kier molecular flexibility index (Phi) is 1.47. The van der Waals surface area contributed by atoms with Gasteiger partial charge in [0.1, 0.15) is 3.42 Å². The van der Waals surface area contributed by atoms with Crippen LogP contribution in [0.4, 0.5) is 0 Å². The van der Waals surface area contributed by atoms with Crippen LogP contribution in [0.15, 0.2) is 0 Å². The second kappa shape index (κ2) is 1.86. The minimum Gasteiger partial charge on any atom is -0.468 e. The van der Waals surface area contributed by atoms with Gasteiger partial charge in [-0.1, -0.05) is 22.6 Å². The third-order valence-electron chi connectivity index (χ3n) is 1.24. The quantitative estimate of drug-likeness (QED) is 0.380. The van der Waals surface area contributed by atoms with E-state index in [0.29, 0.717) is 0 Å². The molecule has 0 heterocycles. The molecule has 2 nitrogen and oxygen atoms in total. The second-order valence-corrected chi connectivity index (χ2v) is 4.02. The lowest BCUT2D eigenvalue weighted by molar-refractivity contribution is -0.140. The summed E-state index contributed by atoms with van der Waals surface area (Å²) in [5, 5.41) is 0. The van der Waals surface area contributed by atoms with Crippen molar-refractivity contribution in [2.75, 3.05) is 7.11 Å². The van der Waals surface area contributed by atoms with E-state index < -0.39 is 0 Å². The van der Waals surface area contributed by atoms with Crippen molar-refractivity contribution in [3.63, 3.8) is 0 Å². The maximum atomic E-state index is 10.7. The van der Waals surface area contributed by atoms with Crippen molar-refractivity contribution < 1.29 is 9.53 Å². The number of carbonyl (C=O) groups is 1. The first-order chi connectivity index (χ1) is 3.69. The highest BCUT2D eigenvalue weighted by Gasteiger charge is 2.48. The average molecular weight is 226 g/mol. The van der Waals surface area contributed by atoms with Gasteiger partial charge >= 0.3 is 5.97 Å². The maximum Gasteiger partial charge on any atom is 0.321 e. The summed E-state index contributed by atoms with van der Waals surface area (Å²) in [6.45, 7) is 0. The van der Waals surface area contributed by atoms with E-state index in [0.717, 1.165) is 12.8 Å². The summed E-state index contributed by atoms with van der Waals surface area (Å²) in [4.78, 5) is 10.7. The first-order valence-corrected chi connectivity index (χ1v) is 3.54. The van der Waals surface area contributed by atoms with Crippen LogP contribution in [0.2, 0.25) is 0 Å². The Morgan fingerprint density at radius 3 is 2.38 bits per heavy atom. The van der Waals surface area contributed by atoms with Crippen LogP contribution in [0.5, 0.6) is 0 Å². The molecule has 0 aromatic carbocycles. The number of ether oxygens (including phenoxy) is 1. The molecule has 1 fully saturated rings. The molecule has 1 rings (SSSR count). The van der Waals surface area contributed by atoms with Crippen LogP contribution in [0.3, 0.4) is 0 Å². The Bertz CT molecular complexity index is 118. The van der Waals surface area contributed by atoms with Gasteiger partial charge in [0.25, 0.3) is 0 Å². The topological polar surface area (TPSA) is 26.3 Å². The third kappa shape index (κ3) is 0.962. The van der Waals surface area contributed by atoms with Gasteiger partial charge in [0.15, 0.2) is 0 Å². The van der Waals surface area contributed by atoms with Gasteiger partial charge in [-0.05, 0) is 12.8 Å². The molecule has 0 radical (unpaired) electrons. The number of methoxy groups -OCH3 is 1. The molecule has 0 aromatic heterocycles. The molecule has 1 aliphatic carbocycles. The predicted octanol–water partition coefficient (Wildman–Crippen LogP) is 1.13. The average Bonchev–Trinajstić information content (AvgIpc) is 2.47. The first-order valence-electron chi connectivity index (χ1n) is 2.46. The number of alkyl halides is 1. The number of rotatable bonds is 1. The second-order valence-electron chi connectivity index (χ2n) is 1.96. The van der Waals surface area contributed by atoms with Crippen LogP contribution in [-0.2, 0) is 9.53 Å². The summed E-state index contributed by atoms with van der Waals surface area (Å²) in [5.74, 6) is -0.0712. The van der Waals surface area contributed by atoms with Crippen molar-refractivity contribution in [3.05, 3.63) is 0 Å². The molecule has 3 heteroatoms. The Balaban J connectivity index is 2.46. The molecule has 0 saturated heterocycles. The fraction of sp³-hybridized carbons (Fsp3) is 0.800. The van der Waals surface area contributed by atoms with Crippen LogP contribution in [-0.4, -0.2) is 16.5 Å². The van der Waals surface area contributed by atoms with Crippen LogP contribution < -0.4 is 0 Å². The Labute approximate surface area is 61.7 Å². The Hall–Kier alpha value is 0.200. The van der Waals surface area contributed by atoms with Gasteiger partial charge in [-0.2, -0.15) is 0 Å². The molecule has 0 spiro atoms. The molecule has 8 heavy (non-hydrogen) atoms. The van der Waals surface area contributed by atoms with E-state index in [-0.39, 0.29) is 9.39 Å². The molecule has 1 aliphatic rings. The zero-order chi connectivity index (χ0) is 6.20. The van der Waals surface area contributed by atoms with Crippen LogP contribution in [0, 0.1) is 0 Å². The van der Waals surface area contributed by atoms with Gasteiger partial charge in [0.2, 0.25) is 0 Å². The zero-order valence-electron chi connectivity index (χ0n) is 4.61. The summed E-state index contributed by atoms with van der Waals surface area (Å²) in [5.41, 5.74) is 0. The maximum absolute atomic E-state index is 10.7. The summed E-state index contributed by atoms with van der Waals surface area (Å²) in [6.07, 6.45) is 1.97. The normalized spacial score (nSPS) is 22.2. The van der Waals surface area contributed by atoms with E-state index in [1.165, 1.54) is 7.11 Å². The van der Waals surface area contributed by atoms with Crippen molar-refractivity contribution in [3.8, 4) is 0 Å². The van der Waals surface area contributed by atoms with Crippen molar-refractivity contribution in [1.82, 2.24) is 0 Å². The molecule has 46 valence electrons. The zero-order valence-corrected chi connectivity index (χ0v) is 6.77. The molecule has 0 atom stereocenters. The molecular weight excluding hydrogens is 219 g/mol. The van der Waals surface area contributed by atoms with Gasteiger partial charge < -0.3 is 4.74 Å². The third-order valence-corrected chi connectivity index (χ3v) is 2.76. The van der Waals surface area contributed by atoms with Gasteiger partial charge in [0.05, 0.1) is 7.11 Å². The Morgan fingerprint density at radius 1 is 1.75 bits per heavy atom. The monoisotopic (exact) mass is 226 g/mol. The predicted molar refractivity (Wildman–Crippen MR) is 38.0 cm³/mol. The Morgan fingerprint density at radius 2 is 2.25 bits per heavy atom. The lowest BCUT2D eigenvalue weighted by Gasteiger charge is -2.00. The van der Waals surface area contributed by atoms with Crippen molar-refractivity contribution in [1.29, 1.82) is 0 Å². The van der Waals surface area contributed by atoms with Crippen molar-refractivity contribution in [2.45, 2.75) is 16.3 Å². The largest absolute Gasteiger partial charge is 0.468 e. The smallest absolute Gasteiger partial charge is 0.321 e. The molecule has 1 saturated carbocycles. The highest BCUT2D eigenvalue weighted by atomic mass is 127. The summed E-state index contributed by atoms with van der Waals surface area (Å²) >= 11 is 2.14. The van der Waals surface area contributed by atoms with E-state index in [1.54, 1.807) is 0 Å². The lowest BCUT2D eigenvalue weighted by atomic mass is 10.4. The number of halogens is 1. The van der Waals surface area contributed by atoms with Crippen molar-refractivity contribution >= 4 is 28.6 Å². The SMILES string of the molecule is COC(=O)C1(I)CC1. The number of hydrogen-bond acceptors (Lipinski definition) is 2. The molecular formula is C5H7IO2. The van der Waals surface area contributed by atoms with Crippen LogP contribution in [0.25, 0.3) is 0 Å². The first kappa shape index (κ1) is 6.32. The molecule has 0 aliphatic heterocycles. The van der Waals surface area contributed by atoms with Crippen molar-refractivity contribution in [2.24, 2.45) is 0 Å². The lowest BCUT2D eigenvalue weighted by Crippen LogP contribution is -2.15. The fourth-order valence-electron chi connectivity index (χ4n) is 0.497. The number of carbonyl (C=O) groups excluding carboxylic acids is 1. The van der Waals surface area contributed by atoms with Gasteiger partial charge in [-0.25, -0.2) is 0 Å². The summed E-state index contributed by atoms with van der Waals surface area (Å²) < 4.78 is 4.40. The number of esters is 1. The summed E-state index contributed by atoms with van der Waals surface area (Å²) in [7, 11) is 1.43. The van der Waals surface area contributed by atoms with E-state index in [2.05, 4.69) is 27.3 Å². The highest BCUT2D eigenvalue weighted by molar-refractivity contribution is 14.1. The molecule has 0 N–H and O–H groups in total. The fourth-order valence-corrected chi connectivity index (χ4v) is 0.987. The molecule has 0 unspecified atom stereocenters. The minimum atomic E-state index is -0.132. The van der Waals surface area contributed by atoms with E-state index in [1.807, 2.05) is 0 Å². The number of hydrogen-bond donors (Lipinski definition) is 0. The molecule has 0 bridgehead atoms. The van der Waals surface area contributed by atoms with E-state index >= 15 is 0 Å². The van der Waals surface area contributed by atoms with E-state index in [9.17, 15) is 4.79 Å². The van der Waals surface area contributed by atoms with E-state index in [4.69, 9.17) is 0 Å². The van der Waals surface area contributed by atoms with Gasteiger partial charge in [0, 0.05) is 0 Å².